The fourth-order valence-electron chi connectivity index (χ4n) is 5.29. The summed E-state index contributed by atoms with van der Waals surface area (Å²) in [6, 6.07) is 36.5. The SMILES string of the molecule is O=C1C[C@H](c2ccccc2OCc2ccccc2)CC2=C1[C@H](c1ccccc1)Nc1ccccc1N2. The first-order valence-electron chi connectivity index (χ1n) is 12.5. The number of benzene rings is 4. The molecule has 0 radical (unpaired) electrons. The number of Topliss-reactive ketones (excluding diaryl/α,β-unsaturated/α-hetero) is 1. The Balaban J connectivity index is 1.35. The van der Waals surface area contributed by atoms with Gasteiger partial charge in [-0.3, -0.25) is 4.79 Å². The Kier molecular flexibility index (Phi) is 6.00. The third-order valence-corrected chi connectivity index (χ3v) is 7.04. The van der Waals surface area contributed by atoms with Crippen molar-refractivity contribution in [3.8, 4) is 5.75 Å². The smallest absolute Gasteiger partial charge is 0.163 e. The Morgan fingerprint density at radius 1 is 0.722 bits per heavy atom. The van der Waals surface area contributed by atoms with E-state index in [0.29, 0.717) is 13.0 Å². The molecule has 4 aromatic carbocycles. The molecule has 178 valence electrons. The second-order valence-corrected chi connectivity index (χ2v) is 9.39. The van der Waals surface area contributed by atoms with E-state index in [0.717, 1.165) is 51.5 Å². The number of ether oxygens (including phenoxy) is 1. The predicted octanol–water partition coefficient (Wildman–Crippen LogP) is 7.25. The van der Waals surface area contributed by atoms with Gasteiger partial charge in [0.15, 0.2) is 5.78 Å². The number of para-hydroxylation sites is 3. The average Bonchev–Trinajstić information content (AvgIpc) is 3.10. The van der Waals surface area contributed by atoms with Gasteiger partial charge in [-0.2, -0.15) is 0 Å². The number of allylic oxidation sites excluding steroid dienone is 1. The van der Waals surface area contributed by atoms with Crippen LogP contribution in [0.3, 0.4) is 0 Å². The molecule has 6 rings (SSSR count). The lowest BCUT2D eigenvalue weighted by Crippen LogP contribution is -2.27. The summed E-state index contributed by atoms with van der Waals surface area (Å²) in [7, 11) is 0. The van der Waals surface area contributed by atoms with Crippen LogP contribution in [0.1, 0.15) is 41.5 Å². The Morgan fingerprint density at radius 3 is 2.19 bits per heavy atom. The van der Waals surface area contributed by atoms with Gasteiger partial charge in [0.1, 0.15) is 12.4 Å². The zero-order valence-corrected chi connectivity index (χ0v) is 20.0. The minimum Gasteiger partial charge on any atom is -0.489 e. The number of carbonyl (C=O) groups excluding carboxylic acids is 1. The summed E-state index contributed by atoms with van der Waals surface area (Å²) in [6.07, 6.45) is 1.19. The monoisotopic (exact) mass is 472 g/mol. The van der Waals surface area contributed by atoms with Crippen molar-refractivity contribution < 1.29 is 9.53 Å². The molecule has 0 unspecified atom stereocenters. The summed E-state index contributed by atoms with van der Waals surface area (Å²) in [5.74, 6) is 1.05. The predicted molar refractivity (Wildman–Crippen MR) is 144 cm³/mol. The molecule has 4 heteroatoms. The van der Waals surface area contributed by atoms with E-state index in [9.17, 15) is 4.79 Å². The van der Waals surface area contributed by atoms with E-state index in [1.807, 2.05) is 66.7 Å². The summed E-state index contributed by atoms with van der Waals surface area (Å²) in [6.45, 7) is 0.498. The minimum absolute atomic E-state index is 0.0393. The zero-order chi connectivity index (χ0) is 24.3. The molecule has 4 nitrogen and oxygen atoms in total. The molecule has 0 saturated carbocycles. The standard InChI is InChI=1S/C32H28N2O2/c35-29-20-24(25-15-7-10-18-30(25)36-21-22-11-3-1-4-12-22)19-28-31(29)32(23-13-5-2-6-14-23)34-27-17-9-8-16-26(27)33-28/h1-18,24,32-34H,19-21H2/t24-,32+/m1/s1. The second-order valence-electron chi connectivity index (χ2n) is 9.39. The van der Waals surface area contributed by atoms with E-state index in [4.69, 9.17) is 4.74 Å². The maximum Gasteiger partial charge on any atom is 0.163 e. The number of rotatable bonds is 5. The van der Waals surface area contributed by atoms with Crippen molar-refractivity contribution in [1.29, 1.82) is 0 Å². The van der Waals surface area contributed by atoms with Crippen LogP contribution in [-0.4, -0.2) is 5.78 Å². The third kappa shape index (κ3) is 4.38. The van der Waals surface area contributed by atoms with Gasteiger partial charge >= 0.3 is 0 Å². The highest BCUT2D eigenvalue weighted by molar-refractivity contribution is 6.01. The van der Waals surface area contributed by atoms with Gasteiger partial charge in [0.25, 0.3) is 0 Å². The lowest BCUT2D eigenvalue weighted by atomic mass is 9.78. The number of nitrogens with one attached hydrogen (secondary N) is 2. The van der Waals surface area contributed by atoms with Crippen LogP contribution in [0.15, 0.2) is 120 Å². The largest absolute Gasteiger partial charge is 0.489 e. The topological polar surface area (TPSA) is 50.4 Å². The molecule has 0 amide bonds. The summed E-state index contributed by atoms with van der Waals surface area (Å²) in [4.78, 5) is 13.8. The number of hydrogen-bond acceptors (Lipinski definition) is 4. The Morgan fingerprint density at radius 2 is 1.39 bits per heavy atom. The van der Waals surface area contributed by atoms with Crippen LogP contribution < -0.4 is 15.4 Å². The van der Waals surface area contributed by atoms with Crippen LogP contribution in [-0.2, 0) is 11.4 Å². The van der Waals surface area contributed by atoms with Gasteiger partial charge in [-0.15, -0.1) is 0 Å². The minimum atomic E-state index is -0.199. The van der Waals surface area contributed by atoms with E-state index in [1.165, 1.54) is 0 Å². The molecule has 0 saturated heterocycles. The van der Waals surface area contributed by atoms with Crippen LogP contribution in [0.5, 0.6) is 5.75 Å². The van der Waals surface area contributed by atoms with Gasteiger partial charge in [-0.1, -0.05) is 91.0 Å². The van der Waals surface area contributed by atoms with Crippen LogP contribution >= 0.6 is 0 Å². The summed E-state index contributed by atoms with van der Waals surface area (Å²) in [5.41, 5.74) is 7.09. The lowest BCUT2D eigenvalue weighted by molar-refractivity contribution is -0.116. The number of carbonyl (C=O) groups is 1. The van der Waals surface area contributed by atoms with Crippen LogP contribution in [0, 0.1) is 0 Å². The lowest BCUT2D eigenvalue weighted by Gasteiger charge is -2.30. The van der Waals surface area contributed by atoms with E-state index in [2.05, 4.69) is 53.1 Å². The maximum atomic E-state index is 13.8. The molecule has 2 atom stereocenters. The summed E-state index contributed by atoms with van der Waals surface area (Å²) in [5, 5.41) is 7.27. The Bertz CT molecular complexity index is 1410. The van der Waals surface area contributed by atoms with E-state index < -0.39 is 0 Å². The molecule has 0 aromatic heterocycles. The first-order chi connectivity index (χ1) is 17.8. The Labute approximate surface area is 211 Å². The average molecular weight is 473 g/mol. The van der Waals surface area contributed by atoms with Crippen LogP contribution in [0.2, 0.25) is 0 Å². The molecule has 36 heavy (non-hydrogen) atoms. The second kappa shape index (κ2) is 9.74. The van der Waals surface area contributed by atoms with Crippen molar-refractivity contribution in [2.75, 3.05) is 10.6 Å². The highest BCUT2D eigenvalue weighted by Gasteiger charge is 2.36. The highest BCUT2D eigenvalue weighted by atomic mass is 16.5. The molecule has 2 N–H and O–H groups in total. The van der Waals surface area contributed by atoms with Crippen molar-refractivity contribution >= 4 is 17.2 Å². The van der Waals surface area contributed by atoms with Gasteiger partial charge in [-0.25, -0.2) is 0 Å². The molecule has 2 aliphatic rings. The van der Waals surface area contributed by atoms with Gasteiger partial charge in [0.2, 0.25) is 0 Å². The van der Waals surface area contributed by atoms with E-state index >= 15 is 0 Å². The molecule has 4 aromatic rings. The molecule has 0 fully saturated rings. The van der Waals surface area contributed by atoms with Gasteiger partial charge in [-0.05, 0) is 41.3 Å². The summed E-state index contributed by atoms with van der Waals surface area (Å²) >= 11 is 0. The van der Waals surface area contributed by atoms with Gasteiger partial charge < -0.3 is 15.4 Å². The number of fused-ring (bicyclic) bond motifs is 1. The van der Waals surface area contributed by atoms with E-state index in [1.54, 1.807) is 0 Å². The van der Waals surface area contributed by atoms with Crippen molar-refractivity contribution in [3.63, 3.8) is 0 Å². The first kappa shape index (κ1) is 22.2. The van der Waals surface area contributed by atoms with Crippen molar-refractivity contribution in [1.82, 2.24) is 0 Å². The van der Waals surface area contributed by atoms with Crippen LogP contribution in [0.4, 0.5) is 11.4 Å². The van der Waals surface area contributed by atoms with Crippen molar-refractivity contribution in [3.05, 3.63) is 137 Å². The Hall–Kier alpha value is -4.31. The maximum absolute atomic E-state index is 13.8. The normalized spacial score (nSPS) is 18.8. The fraction of sp³-hybridized carbons (Fsp3) is 0.156. The van der Waals surface area contributed by atoms with E-state index in [-0.39, 0.29) is 17.7 Å². The molecule has 1 aliphatic carbocycles. The highest BCUT2D eigenvalue weighted by Crippen LogP contribution is 2.45. The third-order valence-electron chi connectivity index (χ3n) is 7.04. The first-order valence-corrected chi connectivity index (χ1v) is 12.5. The molecule has 0 spiro atoms. The summed E-state index contributed by atoms with van der Waals surface area (Å²) < 4.78 is 6.26. The number of ketones is 1. The van der Waals surface area contributed by atoms with Crippen molar-refractivity contribution in [2.45, 2.75) is 31.4 Å². The number of anilines is 2. The molecule has 0 bridgehead atoms. The molecule has 1 aliphatic heterocycles. The molecule has 1 heterocycles. The van der Waals surface area contributed by atoms with Gasteiger partial charge in [0, 0.05) is 23.6 Å². The quantitative estimate of drug-likeness (QED) is 0.321. The zero-order valence-electron chi connectivity index (χ0n) is 20.0. The van der Waals surface area contributed by atoms with Gasteiger partial charge in [0.05, 0.1) is 17.4 Å². The fourth-order valence-corrected chi connectivity index (χ4v) is 5.29. The molecular formula is C32H28N2O2. The van der Waals surface area contributed by atoms with Crippen LogP contribution in [0.25, 0.3) is 0 Å². The molecular weight excluding hydrogens is 444 g/mol. The number of hydrogen-bond donors (Lipinski definition) is 2. The van der Waals surface area contributed by atoms with Crippen molar-refractivity contribution in [2.24, 2.45) is 0 Å².